The van der Waals surface area contributed by atoms with Crippen LogP contribution in [0.1, 0.15) is 16.8 Å². The van der Waals surface area contributed by atoms with Crippen LogP contribution in [-0.4, -0.2) is 24.6 Å². The van der Waals surface area contributed by atoms with Crippen molar-refractivity contribution in [1.29, 1.82) is 0 Å². The van der Waals surface area contributed by atoms with E-state index in [0.717, 1.165) is 31.5 Å². The summed E-state index contributed by atoms with van der Waals surface area (Å²) in [7, 11) is 0. The fraction of sp³-hybridized carbons (Fsp3) is 0.727. The minimum atomic E-state index is 0.783. The Morgan fingerprint density at radius 1 is 1.60 bits per heavy atom. The van der Waals surface area contributed by atoms with Crippen molar-refractivity contribution >= 4 is 11.3 Å². The predicted molar refractivity (Wildman–Crippen MR) is 64.1 cm³/mol. The highest BCUT2D eigenvalue weighted by atomic mass is 32.1. The van der Waals surface area contributed by atoms with Gasteiger partial charge in [-0.2, -0.15) is 0 Å². The van der Waals surface area contributed by atoms with E-state index in [2.05, 4.69) is 29.5 Å². The van der Waals surface area contributed by atoms with Crippen molar-refractivity contribution in [3.63, 3.8) is 0 Å². The maximum Gasteiger partial charge on any atom is 0.107 e. The third-order valence-corrected chi connectivity index (χ3v) is 3.94. The van der Waals surface area contributed by atoms with Crippen LogP contribution in [-0.2, 0) is 6.54 Å². The first kappa shape index (κ1) is 11.0. The van der Waals surface area contributed by atoms with Crippen LogP contribution in [0.15, 0.2) is 6.20 Å². The second kappa shape index (κ2) is 5.05. The molecule has 4 heteroatoms. The lowest BCUT2D eigenvalue weighted by Gasteiger charge is -2.13. The lowest BCUT2D eigenvalue weighted by Crippen LogP contribution is -2.26. The van der Waals surface area contributed by atoms with Crippen molar-refractivity contribution in [2.24, 2.45) is 11.8 Å². The van der Waals surface area contributed by atoms with Gasteiger partial charge in [0.15, 0.2) is 0 Å². The van der Waals surface area contributed by atoms with E-state index in [0.29, 0.717) is 0 Å². The van der Waals surface area contributed by atoms with Crippen LogP contribution < -0.4 is 10.6 Å². The molecule has 0 bridgehead atoms. The molecule has 3 nitrogen and oxygen atoms in total. The molecule has 2 N–H and O–H groups in total. The molecule has 1 aliphatic heterocycles. The molecule has 15 heavy (non-hydrogen) atoms. The number of aromatic nitrogens is 1. The van der Waals surface area contributed by atoms with E-state index in [1.54, 1.807) is 11.3 Å². The SMILES string of the molecule is Cc1cnc(CNC[C@@H]2CNC[C@H]2C)s1. The Bertz CT molecular complexity index is 311. The van der Waals surface area contributed by atoms with Crippen LogP contribution in [0, 0.1) is 18.8 Å². The molecule has 1 fully saturated rings. The lowest BCUT2D eigenvalue weighted by molar-refractivity contribution is 0.420. The normalized spacial score (nSPS) is 26.0. The average molecular weight is 225 g/mol. The number of nitrogens with one attached hydrogen (secondary N) is 2. The molecular formula is C11H19N3S. The first-order chi connectivity index (χ1) is 7.25. The largest absolute Gasteiger partial charge is 0.316 e. The molecule has 0 amide bonds. The van der Waals surface area contributed by atoms with Crippen molar-refractivity contribution in [2.45, 2.75) is 20.4 Å². The summed E-state index contributed by atoms with van der Waals surface area (Å²) in [4.78, 5) is 5.63. The molecule has 0 unspecified atom stereocenters. The molecular weight excluding hydrogens is 206 g/mol. The van der Waals surface area contributed by atoms with Crippen LogP contribution in [0.4, 0.5) is 0 Å². The van der Waals surface area contributed by atoms with Crippen LogP contribution in [0.5, 0.6) is 0 Å². The maximum atomic E-state index is 4.34. The van der Waals surface area contributed by atoms with Gasteiger partial charge in [-0.3, -0.25) is 0 Å². The van der Waals surface area contributed by atoms with Gasteiger partial charge in [0.05, 0.1) is 0 Å². The first-order valence-corrected chi connectivity index (χ1v) is 6.40. The fourth-order valence-electron chi connectivity index (χ4n) is 1.99. The van der Waals surface area contributed by atoms with Crippen molar-refractivity contribution in [3.8, 4) is 0 Å². The zero-order valence-electron chi connectivity index (χ0n) is 9.42. The molecule has 0 aliphatic carbocycles. The van der Waals surface area contributed by atoms with E-state index in [4.69, 9.17) is 0 Å². The number of thiazole rings is 1. The number of hydrogen-bond acceptors (Lipinski definition) is 4. The summed E-state index contributed by atoms with van der Waals surface area (Å²) in [6.07, 6.45) is 1.95. The van der Waals surface area contributed by atoms with Gasteiger partial charge in [-0.05, 0) is 38.4 Å². The average Bonchev–Trinajstić information content (AvgIpc) is 2.77. The Labute approximate surface area is 95.3 Å². The van der Waals surface area contributed by atoms with Gasteiger partial charge in [-0.15, -0.1) is 11.3 Å². The molecule has 2 rings (SSSR count). The molecule has 0 spiro atoms. The van der Waals surface area contributed by atoms with Gasteiger partial charge in [0.25, 0.3) is 0 Å². The summed E-state index contributed by atoms with van der Waals surface area (Å²) in [5, 5.41) is 8.12. The monoisotopic (exact) mass is 225 g/mol. The Morgan fingerprint density at radius 2 is 2.47 bits per heavy atom. The Balaban J connectivity index is 1.70. The van der Waals surface area contributed by atoms with Crippen LogP contribution in [0.25, 0.3) is 0 Å². The zero-order chi connectivity index (χ0) is 10.7. The Hall–Kier alpha value is -0.450. The van der Waals surface area contributed by atoms with Crippen LogP contribution in [0.2, 0.25) is 0 Å². The third kappa shape index (κ3) is 3.00. The summed E-state index contributed by atoms with van der Waals surface area (Å²) in [5.74, 6) is 1.58. The highest BCUT2D eigenvalue weighted by Gasteiger charge is 2.22. The van der Waals surface area contributed by atoms with E-state index in [-0.39, 0.29) is 0 Å². The molecule has 0 aromatic carbocycles. The molecule has 0 saturated carbocycles. The van der Waals surface area contributed by atoms with Gasteiger partial charge in [0.2, 0.25) is 0 Å². The molecule has 1 aliphatic rings. The number of nitrogens with zero attached hydrogens (tertiary/aromatic N) is 1. The molecule has 2 atom stereocenters. The van der Waals surface area contributed by atoms with E-state index in [9.17, 15) is 0 Å². The van der Waals surface area contributed by atoms with Gasteiger partial charge in [-0.1, -0.05) is 6.92 Å². The summed E-state index contributed by atoms with van der Waals surface area (Å²) >= 11 is 1.78. The quantitative estimate of drug-likeness (QED) is 0.813. The third-order valence-electron chi connectivity index (χ3n) is 3.03. The second-order valence-electron chi connectivity index (χ2n) is 4.39. The summed E-state index contributed by atoms with van der Waals surface area (Å²) in [5.41, 5.74) is 0. The van der Waals surface area contributed by atoms with Gasteiger partial charge < -0.3 is 10.6 Å². The van der Waals surface area contributed by atoms with Crippen LogP contribution >= 0.6 is 11.3 Å². The maximum absolute atomic E-state index is 4.34. The highest BCUT2D eigenvalue weighted by Crippen LogP contribution is 2.15. The van der Waals surface area contributed by atoms with Crippen LogP contribution in [0.3, 0.4) is 0 Å². The van der Waals surface area contributed by atoms with Gasteiger partial charge in [-0.25, -0.2) is 4.98 Å². The minimum Gasteiger partial charge on any atom is -0.316 e. The lowest BCUT2D eigenvalue weighted by atomic mass is 9.98. The van der Waals surface area contributed by atoms with E-state index >= 15 is 0 Å². The fourth-order valence-corrected chi connectivity index (χ4v) is 2.74. The van der Waals surface area contributed by atoms with E-state index in [1.807, 2.05) is 6.20 Å². The highest BCUT2D eigenvalue weighted by molar-refractivity contribution is 7.11. The topological polar surface area (TPSA) is 37.0 Å². The molecule has 2 heterocycles. The molecule has 84 valence electrons. The second-order valence-corrected chi connectivity index (χ2v) is 5.71. The predicted octanol–water partition coefficient (Wildman–Crippen LogP) is 1.40. The molecule has 1 aromatic rings. The first-order valence-electron chi connectivity index (χ1n) is 5.58. The van der Waals surface area contributed by atoms with Crippen molar-refractivity contribution in [2.75, 3.05) is 19.6 Å². The van der Waals surface area contributed by atoms with Crippen molar-refractivity contribution in [1.82, 2.24) is 15.6 Å². The Morgan fingerprint density at radius 3 is 3.07 bits per heavy atom. The summed E-state index contributed by atoms with van der Waals surface area (Å²) in [6.45, 7) is 8.77. The molecule has 0 radical (unpaired) electrons. The molecule has 1 saturated heterocycles. The van der Waals surface area contributed by atoms with Gasteiger partial charge in [0.1, 0.15) is 5.01 Å². The number of hydrogen-bond donors (Lipinski definition) is 2. The van der Waals surface area contributed by atoms with Crippen molar-refractivity contribution < 1.29 is 0 Å². The summed E-state index contributed by atoms with van der Waals surface area (Å²) in [6, 6.07) is 0. The van der Waals surface area contributed by atoms with Gasteiger partial charge >= 0.3 is 0 Å². The summed E-state index contributed by atoms with van der Waals surface area (Å²) < 4.78 is 0. The number of aryl methyl sites for hydroxylation is 1. The molecule has 1 aromatic heterocycles. The zero-order valence-corrected chi connectivity index (χ0v) is 10.2. The standard InChI is InChI=1S/C11H19N3S/c1-8-3-12-5-10(8)6-13-7-11-14-4-9(2)15-11/h4,8,10,12-13H,3,5-7H2,1-2H3/t8-,10+/m1/s1. The van der Waals surface area contributed by atoms with E-state index < -0.39 is 0 Å². The van der Waals surface area contributed by atoms with Gasteiger partial charge in [0, 0.05) is 17.6 Å². The Kier molecular flexibility index (Phi) is 3.72. The minimum absolute atomic E-state index is 0.783. The smallest absolute Gasteiger partial charge is 0.107 e. The van der Waals surface area contributed by atoms with Crippen molar-refractivity contribution in [3.05, 3.63) is 16.1 Å². The van der Waals surface area contributed by atoms with E-state index in [1.165, 1.54) is 16.4 Å². The number of rotatable bonds is 4.